The summed E-state index contributed by atoms with van der Waals surface area (Å²) in [5, 5.41) is 0.745. The van der Waals surface area contributed by atoms with Crippen molar-refractivity contribution in [3.05, 3.63) is 42.5 Å². The van der Waals surface area contributed by atoms with Crippen molar-refractivity contribution in [2.75, 3.05) is 0 Å². The van der Waals surface area contributed by atoms with E-state index < -0.39 is 39.8 Å². The van der Waals surface area contributed by atoms with Gasteiger partial charge in [-0.15, -0.1) is 0 Å². The topological polar surface area (TPSA) is 155 Å². The fourth-order valence-electron chi connectivity index (χ4n) is 1.76. The Bertz CT molecular complexity index is 1020. The number of fused-ring (bicyclic) bond motifs is 1. The van der Waals surface area contributed by atoms with Crippen molar-refractivity contribution in [1.29, 1.82) is 0 Å². The molecule has 0 amide bonds. The summed E-state index contributed by atoms with van der Waals surface area (Å²) in [6, 6.07) is 10.3. The summed E-state index contributed by atoms with van der Waals surface area (Å²) < 4.78 is 88.0. The lowest BCUT2D eigenvalue weighted by molar-refractivity contribution is 0.401. The van der Waals surface area contributed by atoms with Gasteiger partial charge in [0.2, 0.25) is 0 Å². The minimum Gasteiger partial charge on any atom is -0.369 e. The molecule has 0 radical (unpaired) electrons. The van der Waals surface area contributed by atoms with Crippen LogP contribution >= 0.6 is 0 Å². The van der Waals surface area contributed by atoms with E-state index in [1.165, 1.54) is 18.2 Å². The second kappa shape index (κ2) is 5.70. The van der Waals surface area contributed by atoms with Crippen LogP contribution in [0, 0.1) is 0 Å². The molecule has 2 N–H and O–H groups in total. The van der Waals surface area contributed by atoms with E-state index in [4.69, 9.17) is 9.11 Å². The predicted octanol–water partition coefficient (Wildman–Crippen LogP) is 0.371. The van der Waals surface area contributed by atoms with Crippen LogP contribution in [0.25, 0.3) is 10.8 Å². The zero-order valence-electron chi connectivity index (χ0n) is 11.0. The Labute approximate surface area is 131 Å². The second-order valence-corrected chi connectivity index (χ2v) is 8.71. The molecule has 2 aromatic carbocycles. The van der Waals surface area contributed by atoms with Crippen LogP contribution in [0.15, 0.2) is 42.5 Å². The fourth-order valence-corrected chi connectivity index (χ4v) is 5.18. The highest BCUT2D eigenvalue weighted by molar-refractivity contribution is 8.12. The van der Waals surface area contributed by atoms with Gasteiger partial charge >= 0.3 is 30.9 Å². The van der Waals surface area contributed by atoms with Crippen LogP contribution in [0.2, 0.25) is 0 Å². The third kappa shape index (κ3) is 3.77. The van der Waals surface area contributed by atoms with E-state index in [2.05, 4.69) is 4.18 Å². The van der Waals surface area contributed by atoms with E-state index in [9.17, 15) is 25.3 Å². The van der Waals surface area contributed by atoms with Crippen LogP contribution in [-0.4, -0.2) is 37.5 Å². The highest BCUT2D eigenvalue weighted by Gasteiger charge is 2.45. The van der Waals surface area contributed by atoms with Crippen LogP contribution in [-0.2, 0) is 30.9 Å². The van der Waals surface area contributed by atoms with E-state index in [1.807, 2.05) is 0 Å². The maximum Gasteiger partial charge on any atom is 0.416 e. The molecule has 0 unspecified atom stereocenters. The molecule has 0 bridgehead atoms. The lowest BCUT2D eigenvalue weighted by Crippen LogP contribution is -2.43. The molecular weight excluding hydrogens is 374 g/mol. The van der Waals surface area contributed by atoms with Crippen molar-refractivity contribution < 1.29 is 38.5 Å². The van der Waals surface area contributed by atoms with E-state index in [-0.39, 0.29) is 5.39 Å². The van der Waals surface area contributed by atoms with E-state index in [0.29, 0.717) is 5.39 Å². The van der Waals surface area contributed by atoms with Crippen LogP contribution in [0.4, 0.5) is 0 Å². The SMILES string of the molecule is O=S(=O)(O)N(S(=O)(=O)O)S(=O)(=O)Oc1cccc2ccccc12. The molecule has 0 atom stereocenters. The summed E-state index contributed by atoms with van der Waals surface area (Å²) >= 11 is 0. The summed E-state index contributed by atoms with van der Waals surface area (Å²) in [7, 11) is -17.4. The molecule has 0 aromatic heterocycles. The van der Waals surface area contributed by atoms with Gasteiger partial charge in [0, 0.05) is 5.39 Å². The van der Waals surface area contributed by atoms with Crippen LogP contribution in [0.1, 0.15) is 0 Å². The number of hydrogen-bond donors (Lipinski definition) is 2. The van der Waals surface area contributed by atoms with Crippen molar-refractivity contribution >= 4 is 41.7 Å². The third-order valence-corrected chi connectivity index (χ3v) is 7.37. The normalized spacial score (nSPS) is 13.3. The molecule has 0 aliphatic carbocycles. The number of benzene rings is 2. The molecular formula is C10H9NO9S3. The van der Waals surface area contributed by atoms with Gasteiger partial charge in [0.1, 0.15) is 0 Å². The largest absolute Gasteiger partial charge is 0.416 e. The minimum atomic E-state index is -5.87. The average molecular weight is 383 g/mol. The molecule has 0 fully saturated rings. The molecule has 13 heteroatoms. The van der Waals surface area contributed by atoms with Crippen molar-refractivity contribution in [2.45, 2.75) is 0 Å². The Morgan fingerprint density at radius 3 is 1.87 bits per heavy atom. The first-order valence-corrected chi connectivity index (χ1v) is 9.76. The predicted molar refractivity (Wildman–Crippen MR) is 78.4 cm³/mol. The van der Waals surface area contributed by atoms with Gasteiger partial charge in [0.25, 0.3) is 0 Å². The van der Waals surface area contributed by atoms with Gasteiger partial charge in [-0.3, -0.25) is 9.11 Å². The van der Waals surface area contributed by atoms with Gasteiger partial charge in [0.15, 0.2) is 5.75 Å². The highest BCUT2D eigenvalue weighted by atomic mass is 32.4. The lowest BCUT2D eigenvalue weighted by atomic mass is 10.1. The van der Waals surface area contributed by atoms with Gasteiger partial charge in [-0.25, -0.2) is 0 Å². The number of nitrogens with zero attached hydrogens (tertiary/aromatic N) is 1. The fraction of sp³-hybridized carbons (Fsp3) is 0. The maximum absolute atomic E-state index is 11.9. The maximum atomic E-state index is 11.9. The molecule has 0 aliphatic rings. The highest BCUT2D eigenvalue weighted by Crippen LogP contribution is 2.28. The molecule has 2 rings (SSSR count). The van der Waals surface area contributed by atoms with Gasteiger partial charge in [-0.2, -0.15) is 25.3 Å². The molecule has 0 saturated heterocycles. The average Bonchev–Trinajstić information content (AvgIpc) is 2.34. The zero-order chi connectivity index (χ0) is 17.5. The summed E-state index contributed by atoms with van der Waals surface area (Å²) in [6.45, 7) is 0. The van der Waals surface area contributed by atoms with E-state index in [1.54, 1.807) is 18.2 Å². The molecule has 0 saturated carbocycles. The van der Waals surface area contributed by atoms with Crippen molar-refractivity contribution in [1.82, 2.24) is 3.12 Å². The lowest BCUT2D eigenvalue weighted by Gasteiger charge is -2.15. The summed E-state index contributed by atoms with van der Waals surface area (Å²) in [6.07, 6.45) is 0. The van der Waals surface area contributed by atoms with E-state index >= 15 is 0 Å². The summed E-state index contributed by atoms with van der Waals surface area (Å²) in [5.41, 5.74) is 0. The van der Waals surface area contributed by atoms with Gasteiger partial charge in [-0.1, -0.05) is 36.4 Å². The Hall–Kier alpha value is -1.77. The van der Waals surface area contributed by atoms with Gasteiger partial charge < -0.3 is 4.18 Å². The van der Waals surface area contributed by atoms with Crippen LogP contribution < -0.4 is 4.18 Å². The minimum absolute atomic E-state index is 0.226. The Balaban J connectivity index is 2.60. The Kier molecular flexibility index (Phi) is 4.36. The molecule has 0 heterocycles. The van der Waals surface area contributed by atoms with Crippen molar-refractivity contribution in [3.63, 3.8) is 0 Å². The summed E-state index contributed by atoms with van der Waals surface area (Å²) in [4.78, 5) is 0. The first-order chi connectivity index (χ1) is 10.4. The number of hydrogen-bond acceptors (Lipinski definition) is 7. The Morgan fingerprint density at radius 1 is 0.783 bits per heavy atom. The molecule has 0 aliphatic heterocycles. The number of rotatable bonds is 5. The smallest absolute Gasteiger partial charge is 0.369 e. The summed E-state index contributed by atoms with van der Waals surface area (Å²) in [5.74, 6) is -0.402. The molecule has 0 spiro atoms. The molecule has 2 aromatic rings. The van der Waals surface area contributed by atoms with E-state index in [0.717, 1.165) is 6.07 Å². The standard InChI is InChI=1S/C10H9NO9S3/c12-21(13,14)11(22(15,16)17)23(18,19)20-10-7-3-5-8-4-1-2-6-9(8)10/h1-7H,(H,12,13,14)(H,15,16,17). The first kappa shape index (κ1) is 17.6. The monoisotopic (exact) mass is 383 g/mol. The van der Waals surface area contributed by atoms with Crippen molar-refractivity contribution in [3.8, 4) is 5.75 Å². The molecule has 10 nitrogen and oxygen atoms in total. The molecule has 23 heavy (non-hydrogen) atoms. The van der Waals surface area contributed by atoms with Gasteiger partial charge in [-0.05, 0) is 11.5 Å². The van der Waals surface area contributed by atoms with Gasteiger partial charge in [0.05, 0.1) is 3.12 Å². The van der Waals surface area contributed by atoms with Crippen LogP contribution in [0.5, 0.6) is 5.75 Å². The quantitative estimate of drug-likeness (QED) is 0.696. The first-order valence-electron chi connectivity index (χ1n) is 5.61. The molecule has 126 valence electrons. The second-order valence-electron chi connectivity index (χ2n) is 4.11. The zero-order valence-corrected chi connectivity index (χ0v) is 13.4. The van der Waals surface area contributed by atoms with Crippen LogP contribution in [0.3, 0.4) is 0 Å². The Morgan fingerprint density at radius 2 is 1.30 bits per heavy atom. The third-order valence-electron chi connectivity index (χ3n) is 2.50. The van der Waals surface area contributed by atoms with Crippen molar-refractivity contribution in [2.24, 2.45) is 0 Å².